The second-order valence-electron chi connectivity index (χ2n) is 7.35. The summed E-state index contributed by atoms with van der Waals surface area (Å²) in [5.41, 5.74) is 0. The van der Waals surface area contributed by atoms with Gasteiger partial charge in [0.2, 0.25) is 12.2 Å². The molecule has 8 nitrogen and oxygen atoms in total. The SMILES string of the molecule is CNCCn1nc(C(=O)[C@H](CC(C)C)N(C=O)C2CCCCC2)oc1=O. The van der Waals surface area contributed by atoms with Crippen molar-refractivity contribution in [2.24, 2.45) is 5.92 Å². The second-order valence-corrected chi connectivity index (χ2v) is 7.35. The van der Waals surface area contributed by atoms with Crippen LogP contribution < -0.4 is 11.1 Å². The number of carbonyl (C=O) groups excluding carboxylic acids is 2. The molecule has 1 aliphatic carbocycles. The van der Waals surface area contributed by atoms with Gasteiger partial charge in [0.05, 0.1) is 6.54 Å². The van der Waals surface area contributed by atoms with Crippen LogP contribution in [0.4, 0.5) is 0 Å². The number of likely N-dealkylation sites (N-methyl/N-ethyl adjacent to an activating group) is 1. The van der Waals surface area contributed by atoms with Crippen molar-refractivity contribution < 1.29 is 14.0 Å². The van der Waals surface area contributed by atoms with Crippen molar-refractivity contribution in [2.45, 2.75) is 71.0 Å². The summed E-state index contributed by atoms with van der Waals surface area (Å²) in [5, 5.41) is 6.96. The van der Waals surface area contributed by atoms with E-state index in [-0.39, 0.29) is 17.9 Å². The Morgan fingerprint density at radius 3 is 2.65 bits per heavy atom. The van der Waals surface area contributed by atoms with Crippen LogP contribution in [-0.4, -0.2) is 52.5 Å². The maximum Gasteiger partial charge on any atom is 0.437 e. The van der Waals surface area contributed by atoms with E-state index >= 15 is 0 Å². The molecule has 1 N–H and O–H groups in total. The third kappa shape index (κ3) is 5.03. The fraction of sp³-hybridized carbons (Fsp3) is 0.778. The van der Waals surface area contributed by atoms with Gasteiger partial charge in [-0.1, -0.05) is 33.1 Å². The van der Waals surface area contributed by atoms with E-state index in [0.717, 1.165) is 43.2 Å². The van der Waals surface area contributed by atoms with Crippen molar-refractivity contribution in [3.63, 3.8) is 0 Å². The Hall–Kier alpha value is -1.96. The summed E-state index contributed by atoms with van der Waals surface area (Å²) in [6, 6.07) is -0.585. The Morgan fingerprint density at radius 2 is 2.08 bits per heavy atom. The first-order valence-electron chi connectivity index (χ1n) is 9.47. The minimum atomic E-state index is -0.651. The quantitative estimate of drug-likeness (QED) is 0.497. The zero-order valence-electron chi connectivity index (χ0n) is 15.9. The van der Waals surface area contributed by atoms with Crippen molar-refractivity contribution in [1.29, 1.82) is 0 Å². The van der Waals surface area contributed by atoms with Gasteiger partial charge in [0.1, 0.15) is 6.04 Å². The van der Waals surface area contributed by atoms with E-state index in [0.29, 0.717) is 19.5 Å². The third-order valence-electron chi connectivity index (χ3n) is 4.87. The van der Waals surface area contributed by atoms with Crippen LogP contribution in [0.1, 0.15) is 63.1 Å². The smallest absolute Gasteiger partial charge is 0.384 e. The van der Waals surface area contributed by atoms with Crippen LogP contribution in [0.25, 0.3) is 0 Å². The number of hydrogen-bond acceptors (Lipinski definition) is 6. The summed E-state index contributed by atoms with van der Waals surface area (Å²) in [4.78, 5) is 38.4. The molecule has 1 amide bonds. The molecule has 1 heterocycles. The minimum absolute atomic E-state index is 0.0621. The van der Waals surface area contributed by atoms with E-state index in [1.807, 2.05) is 13.8 Å². The van der Waals surface area contributed by atoms with Crippen LogP contribution in [0.2, 0.25) is 0 Å². The number of rotatable bonds is 10. The van der Waals surface area contributed by atoms with Gasteiger partial charge in [-0.3, -0.25) is 9.59 Å². The van der Waals surface area contributed by atoms with E-state index in [1.165, 1.54) is 0 Å². The molecule has 1 atom stereocenters. The number of Topliss-reactive ketones (excluding diaryl/α,β-unsaturated/α-hetero) is 1. The summed E-state index contributed by atoms with van der Waals surface area (Å²) in [6.07, 6.45) is 6.38. The number of nitrogens with zero attached hydrogens (tertiary/aromatic N) is 3. The van der Waals surface area contributed by atoms with Crippen molar-refractivity contribution >= 4 is 12.2 Å². The molecular formula is C18H30N4O4. The lowest BCUT2D eigenvalue weighted by atomic mass is 9.91. The minimum Gasteiger partial charge on any atom is -0.384 e. The molecular weight excluding hydrogens is 336 g/mol. The number of amides is 1. The van der Waals surface area contributed by atoms with Crippen molar-refractivity contribution in [2.75, 3.05) is 13.6 Å². The zero-order valence-corrected chi connectivity index (χ0v) is 15.9. The normalized spacial score (nSPS) is 16.6. The van der Waals surface area contributed by atoms with Crippen LogP contribution in [0.5, 0.6) is 0 Å². The molecule has 1 aliphatic rings. The first-order valence-corrected chi connectivity index (χ1v) is 9.47. The highest BCUT2D eigenvalue weighted by atomic mass is 16.4. The highest BCUT2D eigenvalue weighted by molar-refractivity contribution is 5.97. The topological polar surface area (TPSA) is 97.4 Å². The molecule has 1 saturated carbocycles. The number of carbonyl (C=O) groups is 2. The van der Waals surface area contributed by atoms with Crippen LogP contribution in [0.3, 0.4) is 0 Å². The molecule has 0 bridgehead atoms. The summed E-state index contributed by atoms with van der Waals surface area (Å²) < 4.78 is 6.24. The average molecular weight is 366 g/mol. The molecule has 1 fully saturated rings. The largest absolute Gasteiger partial charge is 0.437 e. The Balaban J connectivity index is 2.25. The standard InChI is InChI=1S/C18H30N4O4/c1-13(2)11-15(21(12-23)14-7-5-4-6-8-14)16(24)17-20-22(10-9-19-3)18(25)26-17/h12-15,19H,4-11H2,1-3H3/t15-/m0/s1. The van der Waals surface area contributed by atoms with E-state index in [1.54, 1.807) is 11.9 Å². The number of hydrogen-bond donors (Lipinski definition) is 1. The molecule has 0 radical (unpaired) electrons. The lowest BCUT2D eigenvalue weighted by Gasteiger charge is -2.36. The monoisotopic (exact) mass is 366 g/mol. The Kier molecular flexibility index (Phi) is 7.56. The Labute approximate surface area is 153 Å². The van der Waals surface area contributed by atoms with Gasteiger partial charge in [-0.15, -0.1) is 5.10 Å². The fourth-order valence-electron chi connectivity index (χ4n) is 3.51. The first-order chi connectivity index (χ1) is 12.5. The van der Waals surface area contributed by atoms with Crippen LogP contribution in [0.15, 0.2) is 9.21 Å². The molecule has 0 unspecified atom stereocenters. The highest BCUT2D eigenvalue weighted by Gasteiger charge is 2.35. The zero-order chi connectivity index (χ0) is 19.1. The molecule has 1 aromatic rings. The Morgan fingerprint density at radius 1 is 1.38 bits per heavy atom. The van der Waals surface area contributed by atoms with Crippen LogP contribution in [0, 0.1) is 5.92 Å². The fourth-order valence-corrected chi connectivity index (χ4v) is 3.51. The van der Waals surface area contributed by atoms with E-state index < -0.39 is 17.6 Å². The van der Waals surface area contributed by atoms with Gasteiger partial charge < -0.3 is 14.6 Å². The summed E-state index contributed by atoms with van der Waals surface area (Å²) in [7, 11) is 1.77. The Bertz CT molecular complexity index is 646. The number of aromatic nitrogens is 2. The van der Waals surface area contributed by atoms with Gasteiger partial charge >= 0.3 is 5.76 Å². The lowest BCUT2D eigenvalue weighted by molar-refractivity contribution is -0.122. The van der Waals surface area contributed by atoms with Gasteiger partial charge in [-0.05, 0) is 32.2 Å². The van der Waals surface area contributed by atoms with E-state index in [4.69, 9.17) is 4.42 Å². The predicted molar refractivity (Wildman–Crippen MR) is 97.0 cm³/mol. The molecule has 0 spiro atoms. The highest BCUT2D eigenvalue weighted by Crippen LogP contribution is 2.26. The first kappa shape index (κ1) is 20.4. The van der Waals surface area contributed by atoms with Gasteiger partial charge in [0.15, 0.2) is 0 Å². The van der Waals surface area contributed by atoms with E-state index in [9.17, 15) is 14.4 Å². The van der Waals surface area contributed by atoms with Crippen LogP contribution >= 0.6 is 0 Å². The van der Waals surface area contributed by atoms with Crippen molar-refractivity contribution in [3.8, 4) is 0 Å². The van der Waals surface area contributed by atoms with Crippen LogP contribution in [-0.2, 0) is 11.3 Å². The average Bonchev–Trinajstić information content (AvgIpc) is 3.00. The molecule has 26 heavy (non-hydrogen) atoms. The molecule has 1 aromatic heterocycles. The molecule has 0 aromatic carbocycles. The van der Waals surface area contributed by atoms with Gasteiger partial charge in [0.25, 0.3) is 5.89 Å². The van der Waals surface area contributed by atoms with Gasteiger partial charge in [-0.2, -0.15) is 4.68 Å². The van der Waals surface area contributed by atoms with Gasteiger partial charge in [-0.25, -0.2) is 4.79 Å². The second kappa shape index (κ2) is 9.66. The number of ketones is 1. The third-order valence-corrected chi connectivity index (χ3v) is 4.87. The summed E-state index contributed by atoms with van der Waals surface area (Å²) in [5.74, 6) is -1.04. The molecule has 0 saturated heterocycles. The van der Waals surface area contributed by atoms with Gasteiger partial charge in [0, 0.05) is 12.6 Å². The molecule has 146 valence electrons. The molecule has 0 aliphatic heterocycles. The maximum absolute atomic E-state index is 13.0. The van der Waals surface area contributed by atoms with E-state index in [2.05, 4.69) is 10.4 Å². The predicted octanol–water partition coefficient (Wildman–Crippen LogP) is 1.44. The van der Waals surface area contributed by atoms with Crippen molar-refractivity contribution in [1.82, 2.24) is 20.0 Å². The summed E-state index contributed by atoms with van der Waals surface area (Å²) in [6.45, 7) is 4.87. The lowest BCUT2D eigenvalue weighted by Crippen LogP contribution is -2.48. The van der Waals surface area contributed by atoms with Crippen molar-refractivity contribution in [3.05, 3.63) is 16.4 Å². The summed E-state index contributed by atoms with van der Waals surface area (Å²) >= 11 is 0. The molecule has 2 rings (SSSR count). The number of nitrogens with one attached hydrogen (secondary N) is 1. The molecule has 8 heteroatoms. The maximum atomic E-state index is 13.0.